The smallest absolute Gasteiger partial charge is 0.159 e. The molecular formula is C23H36O3. The van der Waals surface area contributed by atoms with Crippen LogP contribution in [-0.2, 0) is 4.79 Å². The van der Waals surface area contributed by atoms with Gasteiger partial charge in [-0.3, -0.25) is 4.79 Å². The van der Waals surface area contributed by atoms with Crippen molar-refractivity contribution in [2.75, 3.05) is 6.61 Å². The predicted molar refractivity (Wildman–Crippen MR) is 105 cm³/mol. The summed E-state index contributed by atoms with van der Waals surface area (Å²) in [6, 6.07) is 0. The molecule has 0 amide bonds. The fourth-order valence-electron chi connectivity index (χ4n) is 5.46. The van der Waals surface area contributed by atoms with Crippen molar-refractivity contribution in [3.63, 3.8) is 0 Å². The first-order valence-electron chi connectivity index (χ1n) is 10.9. The predicted octanol–water partition coefficient (Wildman–Crippen LogP) is 4.58. The Hall–Kier alpha value is -0.930. The number of carbonyl (C=O) groups is 1. The van der Waals surface area contributed by atoms with Gasteiger partial charge in [0.2, 0.25) is 0 Å². The van der Waals surface area contributed by atoms with Crippen molar-refractivity contribution in [2.45, 2.75) is 82.7 Å². The van der Waals surface area contributed by atoms with Gasteiger partial charge in [0.1, 0.15) is 0 Å². The molecule has 3 heteroatoms. The summed E-state index contributed by atoms with van der Waals surface area (Å²) in [6.07, 6.45) is 21.2. The fourth-order valence-corrected chi connectivity index (χ4v) is 5.46. The maximum absolute atomic E-state index is 12.2. The zero-order chi connectivity index (χ0) is 18.4. The second-order valence-electron chi connectivity index (χ2n) is 8.82. The minimum atomic E-state index is -0.476. The van der Waals surface area contributed by atoms with Gasteiger partial charge in [0, 0.05) is 18.4 Å². The average molecular weight is 361 g/mol. The molecule has 0 aromatic carbocycles. The van der Waals surface area contributed by atoms with Crippen molar-refractivity contribution in [3.8, 4) is 0 Å². The molecule has 3 aliphatic carbocycles. The van der Waals surface area contributed by atoms with Crippen molar-refractivity contribution >= 4 is 5.78 Å². The highest BCUT2D eigenvalue weighted by atomic mass is 16.3. The van der Waals surface area contributed by atoms with E-state index in [1.165, 1.54) is 25.7 Å². The van der Waals surface area contributed by atoms with Gasteiger partial charge in [-0.05, 0) is 56.4 Å². The van der Waals surface area contributed by atoms with Gasteiger partial charge in [0.15, 0.2) is 5.78 Å². The highest BCUT2D eigenvalue weighted by Crippen LogP contribution is 2.53. The van der Waals surface area contributed by atoms with Crippen molar-refractivity contribution in [2.24, 2.45) is 23.7 Å². The Morgan fingerprint density at radius 1 is 1.12 bits per heavy atom. The van der Waals surface area contributed by atoms with E-state index in [-0.39, 0.29) is 24.2 Å². The van der Waals surface area contributed by atoms with E-state index < -0.39 is 5.60 Å². The summed E-state index contributed by atoms with van der Waals surface area (Å²) < 4.78 is 0. The van der Waals surface area contributed by atoms with Gasteiger partial charge in [0.25, 0.3) is 0 Å². The van der Waals surface area contributed by atoms with Crippen molar-refractivity contribution < 1.29 is 15.0 Å². The van der Waals surface area contributed by atoms with Gasteiger partial charge >= 0.3 is 0 Å². The van der Waals surface area contributed by atoms with Gasteiger partial charge in [0.05, 0.1) is 5.60 Å². The Bertz CT molecular complexity index is 524. The lowest BCUT2D eigenvalue weighted by atomic mass is 9.55. The Kier molecular flexibility index (Phi) is 7.11. The van der Waals surface area contributed by atoms with Crippen LogP contribution < -0.4 is 0 Å². The van der Waals surface area contributed by atoms with E-state index in [4.69, 9.17) is 5.11 Å². The van der Waals surface area contributed by atoms with Crippen LogP contribution in [0.2, 0.25) is 0 Å². The number of allylic oxidation sites excluding steroid dienone is 3. The molecule has 5 atom stereocenters. The summed E-state index contributed by atoms with van der Waals surface area (Å²) in [7, 11) is 0. The summed E-state index contributed by atoms with van der Waals surface area (Å²) >= 11 is 0. The van der Waals surface area contributed by atoms with Crippen LogP contribution in [0.15, 0.2) is 24.3 Å². The molecule has 26 heavy (non-hydrogen) atoms. The van der Waals surface area contributed by atoms with E-state index in [1.807, 2.05) is 6.08 Å². The van der Waals surface area contributed by atoms with Crippen molar-refractivity contribution in [3.05, 3.63) is 24.3 Å². The highest BCUT2D eigenvalue weighted by Gasteiger charge is 2.52. The van der Waals surface area contributed by atoms with E-state index in [9.17, 15) is 9.90 Å². The number of aliphatic hydroxyl groups excluding tert-OH is 1. The molecule has 0 aliphatic heterocycles. The Labute approximate surface area is 158 Å². The van der Waals surface area contributed by atoms with Crippen LogP contribution in [0.4, 0.5) is 0 Å². The number of hydrogen-bond donors (Lipinski definition) is 2. The Morgan fingerprint density at radius 3 is 2.69 bits per heavy atom. The standard InChI is InChI=1S/C23H36O3/c24-16-7-3-1-2-4-11-20-18(13-14-22(20)25)10-8-15-23(26)17-19-9-5-6-12-21(19)23/h8,10,13-14,18-21,24,26H,1-7,9,11-12,15-17H2/b10-8+/t18-,19?,20+,21?,23?/m0/s1. The van der Waals surface area contributed by atoms with E-state index in [0.717, 1.165) is 57.3 Å². The zero-order valence-electron chi connectivity index (χ0n) is 16.1. The maximum atomic E-state index is 12.2. The highest BCUT2D eigenvalue weighted by molar-refractivity contribution is 5.94. The Morgan fingerprint density at radius 2 is 1.88 bits per heavy atom. The van der Waals surface area contributed by atoms with Crippen LogP contribution in [0.3, 0.4) is 0 Å². The first kappa shape index (κ1) is 19.8. The topological polar surface area (TPSA) is 57.5 Å². The molecule has 0 radical (unpaired) electrons. The average Bonchev–Trinajstić information content (AvgIpc) is 2.97. The number of ketones is 1. The van der Waals surface area contributed by atoms with Crippen molar-refractivity contribution in [1.29, 1.82) is 0 Å². The molecule has 3 nitrogen and oxygen atoms in total. The second kappa shape index (κ2) is 9.32. The Balaban J connectivity index is 1.42. The molecule has 0 heterocycles. The third-order valence-corrected chi connectivity index (χ3v) is 7.03. The fraction of sp³-hybridized carbons (Fsp3) is 0.783. The van der Waals surface area contributed by atoms with E-state index >= 15 is 0 Å². The van der Waals surface area contributed by atoms with Crippen molar-refractivity contribution in [1.82, 2.24) is 0 Å². The van der Waals surface area contributed by atoms with Crippen LogP contribution in [0.1, 0.15) is 77.0 Å². The number of unbranched alkanes of at least 4 members (excludes halogenated alkanes) is 4. The first-order valence-corrected chi connectivity index (χ1v) is 10.9. The number of rotatable bonds is 10. The summed E-state index contributed by atoms with van der Waals surface area (Å²) in [5, 5.41) is 19.7. The number of fused-ring (bicyclic) bond motifs is 1. The third kappa shape index (κ3) is 4.67. The molecule has 3 aliphatic rings. The molecule has 2 saturated carbocycles. The SMILES string of the molecule is O=C1C=C[C@H](/C=C/CC2(O)CC3CCCCC32)[C@H]1CCCCCCCO. The lowest BCUT2D eigenvalue weighted by molar-refractivity contribution is -0.151. The summed E-state index contributed by atoms with van der Waals surface area (Å²) in [6.45, 7) is 0.284. The molecular weight excluding hydrogens is 324 g/mol. The second-order valence-corrected chi connectivity index (χ2v) is 8.82. The number of carbonyl (C=O) groups excluding carboxylic acids is 1. The molecule has 2 fully saturated rings. The molecule has 0 saturated heterocycles. The van der Waals surface area contributed by atoms with Crippen LogP contribution >= 0.6 is 0 Å². The summed E-state index contributed by atoms with van der Waals surface area (Å²) in [4.78, 5) is 12.2. The maximum Gasteiger partial charge on any atom is 0.159 e. The van der Waals surface area contributed by atoms with E-state index in [2.05, 4.69) is 12.2 Å². The summed E-state index contributed by atoms with van der Waals surface area (Å²) in [5.74, 6) is 1.85. The third-order valence-electron chi connectivity index (χ3n) is 7.03. The van der Waals surface area contributed by atoms with Crippen LogP contribution in [0, 0.1) is 23.7 Å². The number of hydrogen-bond acceptors (Lipinski definition) is 3. The van der Waals surface area contributed by atoms with Crippen LogP contribution in [-0.4, -0.2) is 28.2 Å². The molecule has 3 unspecified atom stereocenters. The van der Waals surface area contributed by atoms with E-state index in [0.29, 0.717) is 5.92 Å². The van der Waals surface area contributed by atoms with Gasteiger partial charge in [-0.15, -0.1) is 0 Å². The first-order chi connectivity index (χ1) is 12.6. The zero-order valence-corrected chi connectivity index (χ0v) is 16.1. The van der Waals surface area contributed by atoms with Gasteiger partial charge in [-0.25, -0.2) is 0 Å². The minimum Gasteiger partial charge on any atom is -0.396 e. The number of aliphatic hydroxyl groups is 2. The molecule has 3 rings (SSSR count). The van der Waals surface area contributed by atoms with Gasteiger partial charge < -0.3 is 10.2 Å². The van der Waals surface area contributed by atoms with E-state index in [1.54, 1.807) is 6.08 Å². The normalized spacial score (nSPS) is 36.5. The monoisotopic (exact) mass is 360 g/mol. The minimum absolute atomic E-state index is 0.0996. The molecule has 0 spiro atoms. The molecule has 0 aromatic rings. The van der Waals surface area contributed by atoms with Crippen LogP contribution in [0.5, 0.6) is 0 Å². The largest absolute Gasteiger partial charge is 0.396 e. The van der Waals surface area contributed by atoms with Crippen LogP contribution in [0.25, 0.3) is 0 Å². The summed E-state index contributed by atoms with van der Waals surface area (Å²) in [5.41, 5.74) is -0.476. The molecule has 0 bridgehead atoms. The quantitative estimate of drug-likeness (QED) is 0.443. The van der Waals surface area contributed by atoms with Gasteiger partial charge in [-0.1, -0.05) is 56.8 Å². The molecule has 2 N–H and O–H groups in total. The lowest BCUT2D eigenvalue weighted by Crippen LogP contribution is -2.54. The molecule has 0 aromatic heterocycles. The van der Waals surface area contributed by atoms with Gasteiger partial charge in [-0.2, -0.15) is 0 Å². The molecule has 146 valence electrons. The lowest BCUT2D eigenvalue weighted by Gasteiger charge is -2.54.